The molecular formula is C28H34BrO3P. The van der Waals surface area contributed by atoms with E-state index >= 15 is 0 Å². The van der Waals surface area contributed by atoms with Crippen LogP contribution in [0.15, 0.2) is 53.0 Å². The monoisotopic (exact) mass is 528 g/mol. The molecule has 0 aromatic heterocycles. The minimum atomic E-state index is -0.574. The van der Waals surface area contributed by atoms with Crippen LogP contribution in [0.5, 0.6) is 11.5 Å². The van der Waals surface area contributed by atoms with E-state index < -0.39 is 8.15 Å². The van der Waals surface area contributed by atoms with E-state index in [0.717, 1.165) is 33.9 Å². The van der Waals surface area contributed by atoms with Crippen LogP contribution in [0.3, 0.4) is 0 Å². The molecule has 0 saturated carbocycles. The van der Waals surface area contributed by atoms with Crippen LogP contribution >= 0.6 is 24.1 Å². The van der Waals surface area contributed by atoms with E-state index in [1.54, 1.807) is 7.11 Å². The van der Waals surface area contributed by atoms with Crippen LogP contribution in [0.2, 0.25) is 0 Å². The van der Waals surface area contributed by atoms with E-state index in [0.29, 0.717) is 18.3 Å². The molecule has 0 amide bonds. The molecule has 0 fully saturated rings. The first kappa shape index (κ1) is 25.7. The van der Waals surface area contributed by atoms with Crippen molar-refractivity contribution >= 4 is 24.1 Å². The van der Waals surface area contributed by atoms with E-state index in [1.165, 1.54) is 27.8 Å². The molecule has 33 heavy (non-hydrogen) atoms. The van der Waals surface area contributed by atoms with Crippen molar-refractivity contribution in [2.24, 2.45) is 0 Å². The van der Waals surface area contributed by atoms with Gasteiger partial charge in [-0.3, -0.25) is 0 Å². The van der Waals surface area contributed by atoms with Crippen molar-refractivity contribution in [2.75, 3.05) is 13.8 Å². The molecule has 176 valence electrons. The van der Waals surface area contributed by atoms with Crippen LogP contribution in [0.1, 0.15) is 58.7 Å². The van der Waals surface area contributed by atoms with Crippen molar-refractivity contribution < 1.29 is 14.4 Å². The quantitative estimate of drug-likeness (QED) is 0.284. The Balaban J connectivity index is 1.66. The Labute approximate surface area is 208 Å². The van der Waals surface area contributed by atoms with Gasteiger partial charge in [0, 0.05) is 14.3 Å². The first-order chi connectivity index (χ1) is 15.7. The van der Waals surface area contributed by atoms with Crippen molar-refractivity contribution in [1.82, 2.24) is 0 Å². The molecule has 1 atom stereocenters. The standard InChI is InChI=1S/C28H34BrO3P/c1-18(2)24-13-21(7-9-27(24)30)14-25-19(3)11-23(12-20(25)4)17-33(6)32-16-22-8-10-28(31-5)26(29)15-22/h7-13,15,18,30H,14,16-17H2,1-6H3. The first-order valence-electron chi connectivity index (χ1n) is 11.2. The number of ether oxygens (including phenoxy) is 1. The number of halogens is 1. The maximum Gasteiger partial charge on any atom is 0.133 e. The summed E-state index contributed by atoms with van der Waals surface area (Å²) < 4.78 is 12.4. The summed E-state index contributed by atoms with van der Waals surface area (Å²) in [5, 5.41) is 10.1. The van der Waals surface area contributed by atoms with Gasteiger partial charge in [0.25, 0.3) is 0 Å². The average Bonchev–Trinajstić information content (AvgIpc) is 2.76. The van der Waals surface area contributed by atoms with Crippen molar-refractivity contribution in [3.63, 3.8) is 0 Å². The Morgan fingerprint density at radius 2 is 1.61 bits per heavy atom. The topological polar surface area (TPSA) is 38.7 Å². The molecule has 0 spiro atoms. The lowest BCUT2D eigenvalue weighted by Gasteiger charge is -2.17. The second-order valence-electron chi connectivity index (χ2n) is 8.96. The third-order valence-electron chi connectivity index (χ3n) is 5.92. The Morgan fingerprint density at radius 1 is 0.939 bits per heavy atom. The van der Waals surface area contributed by atoms with Gasteiger partial charge in [-0.2, -0.15) is 0 Å². The maximum atomic E-state index is 10.1. The first-order valence-corrected chi connectivity index (χ1v) is 13.9. The second-order valence-corrected chi connectivity index (χ2v) is 11.6. The van der Waals surface area contributed by atoms with Crippen LogP contribution in [-0.4, -0.2) is 18.9 Å². The zero-order chi connectivity index (χ0) is 24.1. The Hall–Kier alpha value is -1.87. The summed E-state index contributed by atoms with van der Waals surface area (Å²) in [5.74, 6) is 1.52. The zero-order valence-electron chi connectivity index (χ0n) is 20.4. The van der Waals surface area contributed by atoms with Gasteiger partial charge in [-0.15, -0.1) is 0 Å². The third kappa shape index (κ3) is 6.82. The molecule has 3 rings (SSSR count). The summed E-state index contributed by atoms with van der Waals surface area (Å²) in [4.78, 5) is 0. The molecule has 0 bridgehead atoms. The summed E-state index contributed by atoms with van der Waals surface area (Å²) in [7, 11) is 1.10. The normalized spacial score (nSPS) is 12.2. The van der Waals surface area contributed by atoms with Gasteiger partial charge in [0.15, 0.2) is 0 Å². The number of benzene rings is 3. The molecule has 3 nitrogen and oxygen atoms in total. The number of methoxy groups -OCH3 is 1. The number of hydrogen-bond donors (Lipinski definition) is 1. The summed E-state index contributed by atoms with van der Waals surface area (Å²) in [6.45, 7) is 11.4. The van der Waals surface area contributed by atoms with Crippen LogP contribution in [0.25, 0.3) is 0 Å². The van der Waals surface area contributed by atoms with E-state index in [9.17, 15) is 5.11 Å². The van der Waals surface area contributed by atoms with E-state index in [2.05, 4.69) is 74.6 Å². The maximum absolute atomic E-state index is 10.1. The Morgan fingerprint density at radius 3 is 2.21 bits per heavy atom. The largest absolute Gasteiger partial charge is 0.508 e. The summed E-state index contributed by atoms with van der Waals surface area (Å²) >= 11 is 3.54. The summed E-state index contributed by atoms with van der Waals surface area (Å²) in [6.07, 6.45) is 1.81. The van der Waals surface area contributed by atoms with Crippen LogP contribution in [-0.2, 0) is 23.7 Å². The highest BCUT2D eigenvalue weighted by molar-refractivity contribution is 9.10. The molecule has 0 radical (unpaired) electrons. The van der Waals surface area contributed by atoms with E-state index in [-0.39, 0.29) is 0 Å². The molecular weight excluding hydrogens is 495 g/mol. The fourth-order valence-electron chi connectivity index (χ4n) is 4.12. The number of rotatable bonds is 9. The fourth-order valence-corrected chi connectivity index (χ4v) is 5.87. The number of aryl methyl sites for hydroxylation is 2. The van der Waals surface area contributed by atoms with Crippen molar-refractivity contribution in [3.8, 4) is 11.5 Å². The van der Waals surface area contributed by atoms with Gasteiger partial charge in [-0.1, -0.05) is 44.2 Å². The van der Waals surface area contributed by atoms with Crippen molar-refractivity contribution in [3.05, 3.63) is 91.9 Å². The van der Waals surface area contributed by atoms with Gasteiger partial charge in [0.2, 0.25) is 0 Å². The van der Waals surface area contributed by atoms with Crippen LogP contribution < -0.4 is 4.74 Å². The SMILES string of the molecule is COc1ccc(COP(C)Cc2cc(C)c(Cc3ccc(O)c(C(C)C)c3)c(C)c2)cc1Br. The Kier molecular flexibility index (Phi) is 8.98. The molecule has 5 heteroatoms. The van der Waals surface area contributed by atoms with Gasteiger partial charge in [-0.05, 0) is 106 Å². The minimum absolute atomic E-state index is 0.303. The van der Waals surface area contributed by atoms with E-state index in [1.807, 2.05) is 24.3 Å². The molecule has 3 aromatic rings. The highest BCUT2D eigenvalue weighted by Crippen LogP contribution is 2.39. The highest BCUT2D eigenvalue weighted by Gasteiger charge is 2.12. The van der Waals surface area contributed by atoms with Crippen molar-refractivity contribution in [2.45, 2.75) is 52.8 Å². The molecule has 0 saturated heterocycles. The number of hydrogen-bond acceptors (Lipinski definition) is 3. The predicted molar refractivity (Wildman–Crippen MR) is 143 cm³/mol. The molecule has 0 aliphatic heterocycles. The smallest absolute Gasteiger partial charge is 0.133 e. The lowest BCUT2D eigenvalue weighted by molar-refractivity contribution is 0.342. The van der Waals surface area contributed by atoms with Gasteiger partial charge in [0.05, 0.1) is 18.2 Å². The highest BCUT2D eigenvalue weighted by atomic mass is 79.9. The second kappa shape index (κ2) is 11.5. The van der Waals surface area contributed by atoms with Gasteiger partial charge in [0.1, 0.15) is 11.5 Å². The molecule has 0 aliphatic carbocycles. The average molecular weight is 529 g/mol. The molecule has 1 unspecified atom stereocenters. The lowest BCUT2D eigenvalue weighted by Crippen LogP contribution is -2.00. The van der Waals surface area contributed by atoms with Gasteiger partial charge >= 0.3 is 0 Å². The van der Waals surface area contributed by atoms with Gasteiger partial charge < -0.3 is 14.4 Å². The predicted octanol–water partition coefficient (Wildman–Crippen LogP) is 8.24. The molecule has 3 aromatic carbocycles. The number of phenols is 1. The number of aromatic hydroxyl groups is 1. The summed E-state index contributed by atoms with van der Waals surface area (Å²) in [5.41, 5.74) is 8.70. The molecule has 0 heterocycles. The van der Waals surface area contributed by atoms with E-state index in [4.69, 9.17) is 9.26 Å². The third-order valence-corrected chi connectivity index (χ3v) is 7.92. The van der Waals surface area contributed by atoms with Crippen molar-refractivity contribution in [1.29, 1.82) is 0 Å². The lowest BCUT2D eigenvalue weighted by atomic mass is 9.92. The molecule has 0 aliphatic rings. The Bertz CT molecular complexity index is 1090. The minimum Gasteiger partial charge on any atom is -0.508 e. The fraction of sp³-hybridized carbons (Fsp3) is 0.357. The van der Waals surface area contributed by atoms with Crippen LogP contribution in [0, 0.1) is 13.8 Å². The van der Waals surface area contributed by atoms with Gasteiger partial charge in [-0.25, -0.2) is 0 Å². The van der Waals surface area contributed by atoms with Crippen LogP contribution in [0.4, 0.5) is 0 Å². The zero-order valence-corrected chi connectivity index (χ0v) is 22.9. The number of phenolic OH excluding ortho intramolecular Hbond substituents is 1. The molecule has 1 N–H and O–H groups in total. The summed E-state index contributed by atoms with van der Waals surface area (Å²) in [6, 6.07) is 16.7.